The Kier molecular flexibility index (Phi) is 5.57. The molecule has 7 heteroatoms. The van der Waals surface area contributed by atoms with Crippen molar-refractivity contribution in [3.8, 4) is 0 Å². The lowest BCUT2D eigenvalue weighted by atomic mass is 9.84. The van der Waals surface area contributed by atoms with E-state index in [9.17, 15) is 4.79 Å². The molecule has 1 aliphatic heterocycles. The van der Waals surface area contributed by atoms with Crippen LogP contribution < -0.4 is 10.2 Å². The molecule has 1 amide bonds. The number of carbonyl (C=O) groups is 1. The first kappa shape index (κ1) is 18.2. The first-order chi connectivity index (χ1) is 13.2. The van der Waals surface area contributed by atoms with Gasteiger partial charge >= 0.3 is 0 Å². The van der Waals surface area contributed by atoms with Gasteiger partial charge in [0.2, 0.25) is 5.91 Å². The zero-order chi connectivity index (χ0) is 18.6. The summed E-state index contributed by atoms with van der Waals surface area (Å²) < 4.78 is 5.42. The number of piperazine rings is 1. The molecule has 0 radical (unpaired) electrons. The molecule has 1 N–H and O–H groups in total. The normalized spacial score (nSPS) is 24.3. The van der Waals surface area contributed by atoms with Crippen LogP contribution in [-0.4, -0.2) is 59.7 Å². The van der Waals surface area contributed by atoms with Crippen LogP contribution >= 0.6 is 0 Å². The summed E-state index contributed by atoms with van der Waals surface area (Å²) >= 11 is 0. The summed E-state index contributed by atoms with van der Waals surface area (Å²) in [5.41, 5.74) is 0.803. The Morgan fingerprint density at radius 2 is 2.00 bits per heavy atom. The van der Waals surface area contributed by atoms with E-state index in [1.807, 2.05) is 12.3 Å². The number of nitrogens with one attached hydrogen (secondary N) is 1. The molecule has 2 aromatic rings. The Hall–Kier alpha value is -2.15. The van der Waals surface area contributed by atoms with Crippen LogP contribution in [0.5, 0.6) is 0 Å². The van der Waals surface area contributed by atoms with E-state index in [0.717, 1.165) is 61.7 Å². The van der Waals surface area contributed by atoms with Gasteiger partial charge in [-0.15, -0.1) is 0 Å². The molecule has 0 atom stereocenters. The van der Waals surface area contributed by atoms with Crippen LogP contribution in [0, 0.1) is 5.92 Å². The van der Waals surface area contributed by atoms with Gasteiger partial charge in [0.05, 0.1) is 5.39 Å². The zero-order valence-corrected chi connectivity index (χ0v) is 16.1. The molecular formula is C20H29N5O2. The Bertz CT molecular complexity index is 761. The predicted molar refractivity (Wildman–Crippen MR) is 105 cm³/mol. The van der Waals surface area contributed by atoms with Crippen molar-refractivity contribution in [3.05, 3.63) is 18.5 Å². The van der Waals surface area contributed by atoms with E-state index >= 15 is 0 Å². The maximum Gasteiger partial charge on any atom is 0.217 e. The lowest BCUT2D eigenvalue weighted by Gasteiger charge is -2.36. The second kappa shape index (κ2) is 8.25. The molecule has 1 saturated carbocycles. The maximum atomic E-state index is 11.2. The Morgan fingerprint density at radius 1 is 1.22 bits per heavy atom. The Labute approximate surface area is 160 Å². The highest BCUT2D eigenvalue weighted by Crippen LogP contribution is 2.28. The fourth-order valence-corrected chi connectivity index (χ4v) is 4.43. The second-order valence-electron chi connectivity index (χ2n) is 7.91. The van der Waals surface area contributed by atoms with Crippen molar-refractivity contribution < 1.29 is 9.32 Å². The molecule has 0 spiro atoms. The van der Waals surface area contributed by atoms with Gasteiger partial charge < -0.3 is 14.7 Å². The van der Waals surface area contributed by atoms with Gasteiger partial charge in [-0.1, -0.05) is 5.16 Å². The molecule has 7 nitrogen and oxygen atoms in total. The van der Waals surface area contributed by atoms with Crippen molar-refractivity contribution in [3.63, 3.8) is 0 Å². The lowest BCUT2D eigenvalue weighted by molar-refractivity contribution is -0.119. The molecule has 0 unspecified atom stereocenters. The number of hydrogen-bond donors (Lipinski definition) is 1. The van der Waals surface area contributed by atoms with Crippen LogP contribution in [-0.2, 0) is 4.79 Å². The lowest BCUT2D eigenvalue weighted by Crippen LogP contribution is -2.47. The fourth-order valence-electron chi connectivity index (χ4n) is 4.43. The number of fused-ring (bicyclic) bond motifs is 1. The third-order valence-electron chi connectivity index (χ3n) is 6.03. The van der Waals surface area contributed by atoms with Crippen LogP contribution in [0.15, 0.2) is 23.0 Å². The van der Waals surface area contributed by atoms with Crippen LogP contribution in [0.4, 0.5) is 5.82 Å². The summed E-state index contributed by atoms with van der Waals surface area (Å²) in [5.74, 6) is 1.83. The van der Waals surface area contributed by atoms with Gasteiger partial charge in [-0.25, -0.2) is 0 Å². The van der Waals surface area contributed by atoms with Gasteiger partial charge in [0.15, 0.2) is 11.4 Å². The summed E-state index contributed by atoms with van der Waals surface area (Å²) in [7, 11) is 0. The molecule has 0 aromatic carbocycles. The number of rotatable bonds is 5. The van der Waals surface area contributed by atoms with Crippen LogP contribution in [0.1, 0.15) is 39.0 Å². The number of amides is 1. The zero-order valence-electron chi connectivity index (χ0n) is 16.1. The van der Waals surface area contributed by atoms with Gasteiger partial charge in [-0.3, -0.25) is 14.7 Å². The van der Waals surface area contributed by atoms with Crippen molar-refractivity contribution in [2.24, 2.45) is 5.92 Å². The third-order valence-corrected chi connectivity index (χ3v) is 6.03. The monoisotopic (exact) mass is 371 g/mol. The van der Waals surface area contributed by atoms with Crippen molar-refractivity contribution in [2.45, 2.75) is 45.1 Å². The highest BCUT2D eigenvalue weighted by Gasteiger charge is 2.24. The highest BCUT2D eigenvalue weighted by molar-refractivity contribution is 5.87. The second-order valence-corrected chi connectivity index (χ2v) is 7.91. The predicted octanol–water partition coefficient (Wildman–Crippen LogP) is 2.43. The van der Waals surface area contributed by atoms with E-state index in [0.29, 0.717) is 6.04 Å². The Morgan fingerprint density at radius 3 is 2.74 bits per heavy atom. The van der Waals surface area contributed by atoms with Crippen LogP contribution in [0.25, 0.3) is 11.0 Å². The smallest absolute Gasteiger partial charge is 0.217 e. The minimum Gasteiger partial charge on any atom is -0.354 e. The molecule has 1 saturated heterocycles. The van der Waals surface area contributed by atoms with Gasteiger partial charge in [-0.2, -0.15) is 0 Å². The number of hydrogen-bond acceptors (Lipinski definition) is 6. The largest absolute Gasteiger partial charge is 0.354 e. The van der Waals surface area contributed by atoms with E-state index in [1.165, 1.54) is 25.8 Å². The summed E-state index contributed by atoms with van der Waals surface area (Å²) in [5, 5.41) is 8.32. The van der Waals surface area contributed by atoms with Crippen molar-refractivity contribution in [1.29, 1.82) is 0 Å². The van der Waals surface area contributed by atoms with E-state index in [-0.39, 0.29) is 5.91 Å². The first-order valence-corrected chi connectivity index (χ1v) is 10.1. The van der Waals surface area contributed by atoms with Crippen molar-refractivity contribution in [1.82, 2.24) is 20.4 Å². The number of pyridine rings is 1. The highest BCUT2D eigenvalue weighted by atomic mass is 16.5. The van der Waals surface area contributed by atoms with E-state index in [2.05, 4.69) is 25.3 Å². The fraction of sp³-hybridized carbons (Fsp3) is 0.650. The van der Waals surface area contributed by atoms with Crippen molar-refractivity contribution >= 4 is 22.7 Å². The minimum absolute atomic E-state index is 0.104. The molecule has 27 heavy (non-hydrogen) atoms. The summed E-state index contributed by atoms with van der Waals surface area (Å²) in [6.45, 7) is 6.87. The molecule has 1 aliphatic carbocycles. The maximum absolute atomic E-state index is 11.2. The molecule has 3 heterocycles. The summed E-state index contributed by atoms with van der Waals surface area (Å²) in [6, 6.07) is 2.26. The van der Waals surface area contributed by atoms with Gasteiger partial charge in [-0.05, 0) is 44.6 Å². The van der Waals surface area contributed by atoms with Crippen LogP contribution in [0.2, 0.25) is 0 Å². The molecule has 146 valence electrons. The third kappa shape index (κ3) is 4.40. The van der Waals surface area contributed by atoms with Crippen molar-refractivity contribution in [2.75, 3.05) is 37.6 Å². The Balaban J connectivity index is 1.21. The van der Waals surface area contributed by atoms with E-state index in [4.69, 9.17) is 4.52 Å². The molecule has 2 aromatic heterocycles. The number of nitrogens with zero attached hydrogens (tertiary/aromatic N) is 4. The van der Waals surface area contributed by atoms with Gasteiger partial charge in [0.1, 0.15) is 0 Å². The standard InChI is InChI=1S/C20H29N5O2/c1-15(26)22-17-4-2-16(3-5-17)7-9-24-10-12-25(13-11-24)20-18-14-21-8-6-19(18)27-23-20/h6,8,14,16-17H,2-5,7,9-13H2,1H3,(H,22,26). The quantitative estimate of drug-likeness (QED) is 0.870. The summed E-state index contributed by atoms with van der Waals surface area (Å²) in [4.78, 5) is 20.2. The van der Waals surface area contributed by atoms with E-state index in [1.54, 1.807) is 13.1 Å². The molecular weight excluding hydrogens is 342 g/mol. The molecule has 0 bridgehead atoms. The van der Waals surface area contributed by atoms with E-state index < -0.39 is 0 Å². The van der Waals surface area contributed by atoms with Gasteiger partial charge in [0, 0.05) is 57.6 Å². The first-order valence-electron chi connectivity index (χ1n) is 10.1. The van der Waals surface area contributed by atoms with Gasteiger partial charge in [0.25, 0.3) is 0 Å². The number of aromatic nitrogens is 2. The topological polar surface area (TPSA) is 74.5 Å². The molecule has 2 aliphatic rings. The number of carbonyl (C=O) groups excluding carboxylic acids is 1. The summed E-state index contributed by atoms with van der Waals surface area (Å²) in [6.07, 6.45) is 9.58. The average molecular weight is 371 g/mol. The molecule has 2 fully saturated rings. The minimum atomic E-state index is 0.104. The van der Waals surface area contributed by atoms with Crippen LogP contribution in [0.3, 0.4) is 0 Å². The number of anilines is 1. The molecule has 4 rings (SSSR count). The SMILES string of the molecule is CC(=O)NC1CCC(CCN2CCN(c3noc4ccncc34)CC2)CC1. The average Bonchev–Trinajstić information content (AvgIpc) is 3.12.